The predicted octanol–water partition coefficient (Wildman–Crippen LogP) is 10.6. The third-order valence-corrected chi connectivity index (χ3v) is 7.93. The number of hydrogen-bond acceptors (Lipinski definition) is 1. The van der Waals surface area contributed by atoms with Gasteiger partial charge in [0.15, 0.2) is 0 Å². The van der Waals surface area contributed by atoms with Crippen molar-refractivity contribution in [2.75, 3.05) is 4.90 Å². The predicted molar refractivity (Wildman–Crippen MR) is 170 cm³/mol. The van der Waals surface area contributed by atoms with Gasteiger partial charge >= 0.3 is 0 Å². The summed E-state index contributed by atoms with van der Waals surface area (Å²) in [5.74, 6) is 0. The lowest BCUT2D eigenvalue weighted by atomic mass is 9.98. The first-order chi connectivity index (χ1) is 19.9. The Morgan fingerprint density at radius 2 is 0.875 bits per heavy atom. The molecule has 7 aromatic carbocycles. The zero-order valence-corrected chi connectivity index (χ0v) is 21.9. The number of aromatic nitrogens is 1. The van der Waals surface area contributed by atoms with Crippen LogP contribution in [0, 0.1) is 0 Å². The fraction of sp³-hybridized carbons (Fsp3) is 0. The monoisotopic (exact) mass is 510 g/mol. The van der Waals surface area contributed by atoms with E-state index >= 15 is 0 Å². The summed E-state index contributed by atoms with van der Waals surface area (Å²) in [5.41, 5.74) is 7.07. The van der Waals surface area contributed by atoms with Crippen LogP contribution in [-0.2, 0) is 0 Å². The molecule has 8 aromatic rings. The van der Waals surface area contributed by atoms with Crippen LogP contribution >= 0.6 is 0 Å². The van der Waals surface area contributed by atoms with Gasteiger partial charge in [0, 0.05) is 33.2 Å². The first-order valence-corrected chi connectivity index (χ1v) is 13.7. The minimum Gasteiger partial charge on any atom is -0.310 e. The zero-order chi connectivity index (χ0) is 26.5. The van der Waals surface area contributed by atoms with Crippen molar-refractivity contribution < 1.29 is 0 Å². The molecule has 40 heavy (non-hydrogen) atoms. The number of fused-ring (bicyclic) bond motifs is 6. The van der Waals surface area contributed by atoms with Gasteiger partial charge < -0.3 is 9.47 Å². The highest BCUT2D eigenvalue weighted by Crippen LogP contribution is 2.42. The Bertz CT molecular complexity index is 2070. The number of rotatable bonds is 4. The van der Waals surface area contributed by atoms with Gasteiger partial charge in [-0.25, -0.2) is 0 Å². The maximum Gasteiger partial charge on any atom is 0.0546 e. The van der Waals surface area contributed by atoms with Crippen molar-refractivity contribution in [1.29, 1.82) is 0 Å². The molecule has 0 unspecified atom stereocenters. The first kappa shape index (κ1) is 22.6. The largest absolute Gasteiger partial charge is 0.310 e. The summed E-state index contributed by atoms with van der Waals surface area (Å²) in [7, 11) is 0. The van der Waals surface area contributed by atoms with Crippen molar-refractivity contribution in [2.45, 2.75) is 0 Å². The van der Waals surface area contributed by atoms with E-state index in [0.29, 0.717) is 0 Å². The van der Waals surface area contributed by atoms with Crippen LogP contribution in [0.2, 0.25) is 0 Å². The molecule has 0 aliphatic heterocycles. The molecule has 0 radical (unpaired) electrons. The second-order valence-electron chi connectivity index (χ2n) is 10.2. The van der Waals surface area contributed by atoms with Crippen molar-refractivity contribution in [3.8, 4) is 5.69 Å². The molecule has 188 valence electrons. The summed E-state index contributed by atoms with van der Waals surface area (Å²) >= 11 is 0. The molecule has 0 N–H and O–H groups in total. The molecule has 2 nitrogen and oxygen atoms in total. The number of hydrogen-bond donors (Lipinski definition) is 0. The van der Waals surface area contributed by atoms with Crippen molar-refractivity contribution in [3.05, 3.63) is 158 Å². The maximum atomic E-state index is 2.40. The molecule has 8 rings (SSSR count). The van der Waals surface area contributed by atoms with Crippen molar-refractivity contribution >= 4 is 60.4 Å². The van der Waals surface area contributed by atoms with Crippen molar-refractivity contribution in [2.24, 2.45) is 0 Å². The average Bonchev–Trinajstić information content (AvgIpc) is 3.37. The number of para-hydroxylation sites is 4. The fourth-order valence-electron chi connectivity index (χ4n) is 6.18. The van der Waals surface area contributed by atoms with Crippen molar-refractivity contribution in [1.82, 2.24) is 4.57 Å². The van der Waals surface area contributed by atoms with Crippen LogP contribution in [0.5, 0.6) is 0 Å². The number of nitrogens with zero attached hydrogens (tertiary/aromatic N) is 2. The second-order valence-corrected chi connectivity index (χ2v) is 10.2. The van der Waals surface area contributed by atoms with Gasteiger partial charge in [-0.2, -0.15) is 0 Å². The van der Waals surface area contributed by atoms with E-state index in [1.165, 1.54) is 54.7 Å². The van der Waals surface area contributed by atoms with Gasteiger partial charge in [0.2, 0.25) is 0 Å². The molecule has 0 saturated carbocycles. The molecule has 0 aliphatic rings. The van der Waals surface area contributed by atoms with Gasteiger partial charge in [-0.15, -0.1) is 0 Å². The molecule has 0 atom stereocenters. The van der Waals surface area contributed by atoms with E-state index in [-0.39, 0.29) is 0 Å². The van der Waals surface area contributed by atoms with Crippen LogP contribution in [0.25, 0.3) is 49.0 Å². The lowest BCUT2D eigenvalue weighted by Gasteiger charge is -2.27. The van der Waals surface area contributed by atoms with Crippen LogP contribution in [-0.4, -0.2) is 4.57 Å². The standard InChI is InChI=1S/C38H26N2/c1-3-13-28(14-4-1)39(29-15-5-2-6-16-29)38-25-27-23-24-30(26-35(27)31-17-7-8-18-32(31)38)40-36-21-11-9-19-33(36)34-20-10-12-22-37(34)40/h1-26H. The van der Waals surface area contributed by atoms with E-state index in [9.17, 15) is 0 Å². The van der Waals surface area contributed by atoms with E-state index in [1.54, 1.807) is 0 Å². The zero-order valence-electron chi connectivity index (χ0n) is 21.9. The minimum atomic E-state index is 1.14. The molecule has 1 heterocycles. The third kappa shape index (κ3) is 3.50. The Morgan fingerprint density at radius 3 is 1.48 bits per heavy atom. The molecule has 2 heteroatoms. The molecule has 0 saturated heterocycles. The second kappa shape index (κ2) is 9.14. The quantitative estimate of drug-likeness (QED) is 0.214. The van der Waals surface area contributed by atoms with E-state index in [2.05, 4.69) is 167 Å². The van der Waals surface area contributed by atoms with Crippen LogP contribution in [0.15, 0.2) is 158 Å². The smallest absolute Gasteiger partial charge is 0.0546 e. The van der Waals surface area contributed by atoms with Gasteiger partial charge in [0.1, 0.15) is 0 Å². The van der Waals surface area contributed by atoms with Crippen LogP contribution < -0.4 is 4.90 Å². The Kier molecular flexibility index (Phi) is 5.17. The van der Waals surface area contributed by atoms with E-state index in [4.69, 9.17) is 0 Å². The Hall–Kier alpha value is -5.34. The molecular weight excluding hydrogens is 484 g/mol. The highest BCUT2D eigenvalue weighted by Gasteiger charge is 2.18. The fourth-order valence-corrected chi connectivity index (χ4v) is 6.18. The Morgan fingerprint density at radius 1 is 0.375 bits per heavy atom. The summed E-state index contributed by atoms with van der Waals surface area (Å²) in [5, 5.41) is 7.49. The molecule has 0 bridgehead atoms. The molecule has 0 amide bonds. The van der Waals surface area contributed by atoms with E-state index < -0.39 is 0 Å². The molecule has 0 aliphatic carbocycles. The lowest BCUT2D eigenvalue weighted by Crippen LogP contribution is -2.10. The first-order valence-electron chi connectivity index (χ1n) is 13.7. The van der Waals surface area contributed by atoms with Crippen LogP contribution in [0.3, 0.4) is 0 Å². The molecule has 1 aromatic heterocycles. The van der Waals surface area contributed by atoms with Crippen molar-refractivity contribution in [3.63, 3.8) is 0 Å². The highest BCUT2D eigenvalue weighted by atomic mass is 15.1. The average molecular weight is 511 g/mol. The van der Waals surface area contributed by atoms with Gasteiger partial charge in [-0.1, -0.05) is 103 Å². The minimum absolute atomic E-state index is 1.14. The number of benzene rings is 7. The molecular formula is C38H26N2. The molecule has 0 fully saturated rings. The van der Waals surface area contributed by atoms with Gasteiger partial charge in [-0.05, 0) is 70.8 Å². The Labute approximate surface area is 233 Å². The van der Waals surface area contributed by atoms with E-state index in [0.717, 1.165) is 11.4 Å². The highest BCUT2D eigenvalue weighted by molar-refractivity contribution is 6.15. The van der Waals surface area contributed by atoms with Crippen LogP contribution in [0.4, 0.5) is 17.1 Å². The van der Waals surface area contributed by atoms with E-state index in [1.807, 2.05) is 0 Å². The lowest BCUT2D eigenvalue weighted by molar-refractivity contribution is 1.19. The topological polar surface area (TPSA) is 8.17 Å². The Balaban J connectivity index is 1.41. The summed E-state index contributed by atoms with van der Waals surface area (Å²) < 4.78 is 2.40. The third-order valence-electron chi connectivity index (χ3n) is 7.93. The number of anilines is 3. The summed E-state index contributed by atoms with van der Waals surface area (Å²) in [4.78, 5) is 2.36. The van der Waals surface area contributed by atoms with Gasteiger partial charge in [-0.3, -0.25) is 0 Å². The van der Waals surface area contributed by atoms with Gasteiger partial charge in [0.05, 0.1) is 16.7 Å². The molecule has 0 spiro atoms. The summed E-state index contributed by atoms with van der Waals surface area (Å²) in [6.45, 7) is 0. The summed E-state index contributed by atoms with van der Waals surface area (Å²) in [6, 6.07) is 56.7. The summed E-state index contributed by atoms with van der Waals surface area (Å²) in [6.07, 6.45) is 0. The maximum absolute atomic E-state index is 2.40. The van der Waals surface area contributed by atoms with Crippen LogP contribution in [0.1, 0.15) is 0 Å². The SMILES string of the molecule is c1ccc(N(c2ccccc2)c2cc3ccc(-n4c5ccccc5c5ccccc54)cc3c3ccccc23)cc1. The van der Waals surface area contributed by atoms with Gasteiger partial charge in [0.25, 0.3) is 0 Å². The normalized spacial score (nSPS) is 11.5.